The van der Waals surface area contributed by atoms with E-state index in [1.54, 1.807) is 41.3 Å². The number of hydrogen-bond donors (Lipinski definition) is 2. The largest absolute Gasteiger partial charge is 0.478 e. The first-order chi connectivity index (χ1) is 16.8. The van der Waals surface area contributed by atoms with Gasteiger partial charge in [0, 0.05) is 22.2 Å². The Bertz CT molecular complexity index is 1280. The van der Waals surface area contributed by atoms with Crippen LogP contribution in [0.15, 0.2) is 77.8 Å². The van der Waals surface area contributed by atoms with Gasteiger partial charge in [0.05, 0.1) is 17.8 Å². The van der Waals surface area contributed by atoms with E-state index in [1.165, 1.54) is 36.0 Å². The normalized spacial score (nSPS) is 16.5. The van der Waals surface area contributed by atoms with Crippen LogP contribution in [0.25, 0.3) is 0 Å². The predicted molar refractivity (Wildman–Crippen MR) is 139 cm³/mol. The van der Waals surface area contributed by atoms with Gasteiger partial charge in [-0.05, 0) is 66.2 Å². The zero-order valence-electron chi connectivity index (χ0n) is 18.2. The summed E-state index contributed by atoms with van der Waals surface area (Å²) in [6, 6.07) is 19.9. The molecule has 1 saturated heterocycles. The molecule has 2 N–H and O–H groups in total. The summed E-state index contributed by atoms with van der Waals surface area (Å²) in [5.41, 5.74) is 2.07. The van der Waals surface area contributed by atoms with E-state index in [4.69, 9.17) is 28.3 Å². The molecule has 0 radical (unpaired) electrons. The number of carbonyl (C=O) groups excluding carboxylic acids is 2. The number of anilines is 1. The number of benzene rings is 3. The van der Waals surface area contributed by atoms with Crippen LogP contribution in [0.3, 0.4) is 0 Å². The second kappa shape index (κ2) is 10.9. The number of carboxylic acid groups (broad SMARTS) is 1. The van der Waals surface area contributed by atoms with Gasteiger partial charge < -0.3 is 10.4 Å². The van der Waals surface area contributed by atoms with Crippen molar-refractivity contribution in [1.29, 1.82) is 0 Å². The number of aromatic carboxylic acids is 1. The number of nitrogens with one attached hydrogen (secondary N) is 1. The highest BCUT2D eigenvalue weighted by molar-refractivity contribution is 8.15. The van der Waals surface area contributed by atoms with E-state index in [0.717, 1.165) is 5.56 Å². The Morgan fingerprint density at radius 2 is 1.54 bits per heavy atom. The summed E-state index contributed by atoms with van der Waals surface area (Å²) in [7, 11) is 0. The number of aliphatic imine (C=N–C) groups is 1. The number of hydrogen-bond acceptors (Lipinski definition) is 5. The molecule has 1 unspecified atom stereocenters. The van der Waals surface area contributed by atoms with Crippen LogP contribution in [0.2, 0.25) is 10.0 Å². The number of nitrogens with zero attached hydrogens (tertiary/aromatic N) is 2. The Morgan fingerprint density at radius 3 is 2.14 bits per heavy atom. The van der Waals surface area contributed by atoms with Crippen molar-refractivity contribution < 1.29 is 19.5 Å². The van der Waals surface area contributed by atoms with Crippen LogP contribution in [0.4, 0.5) is 11.4 Å². The maximum absolute atomic E-state index is 13.3. The van der Waals surface area contributed by atoms with Crippen LogP contribution < -0.4 is 5.32 Å². The number of thioether (sulfide) groups is 1. The molecule has 35 heavy (non-hydrogen) atoms. The Morgan fingerprint density at radius 1 is 0.943 bits per heavy atom. The quantitative estimate of drug-likeness (QED) is 0.401. The average Bonchev–Trinajstić information content (AvgIpc) is 3.11. The number of carboxylic acids is 1. The lowest BCUT2D eigenvalue weighted by molar-refractivity contribution is -0.128. The van der Waals surface area contributed by atoms with Crippen LogP contribution in [0, 0.1) is 0 Å². The van der Waals surface area contributed by atoms with Crippen molar-refractivity contribution in [2.45, 2.75) is 18.2 Å². The van der Waals surface area contributed by atoms with Gasteiger partial charge in [0.25, 0.3) is 0 Å². The number of carbonyl (C=O) groups is 3. The molecule has 1 heterocycles. The molecule has 178 valence electrons. The lowest BCUT2D eigenvalue weighted by Crippen LogP contribution is -2.33. The van der Waals surface area contributed by atoms with E-state index >= 15 is 0 Å². The van der Waals surface area contributed by atoms with Gasteiger partial charge >= 0.3 is 5.97 Å². The molecule has 0 aliphatic carbocycles. The van der Waals surface area contributed by atoms with E-state index in [2.05, 4.69) is 10.3 Å². The minimum atomic E-state index is -1.05. The van der Waals surface area contributed by atoms with Gasteiger partial charge in [-0.25, -0.2) is 9.79 Å². The van der Waals surface area contributed by atoms with E-state index in [1.807, 2.05) is 12.1 Å². The zero-order valence-corrected chi connectivity index (χ0v) is 20.5. The fourth-order valence-corrected chi connectivity index (χ4v) is 4.75. The summed E-state index contributed by atoms with van der Waals surface area (Å²) in [5.74, 6) is -1.64. The Kier molecular flexibility index (Phi) is 7.75. The van der Waals surface area contributed by atoms with Crippen molar-refractivity contribution in [2.75, 3.05) is 5.32 Å². The minimum absolute atomic E-state index is 0.0685. The van der Waals surface area contributed by atoms with Crippen molar-refractivity contribution in [1.82, 2.24) is 4.90 Å². The van der Waals surface area contributed by atoms with Crippen molar-refractivity contribution in [3.63, 3.8) is 0 Å². The molecule has 7 nitrogen and oxygen atoms in total. The SMILES string of the molecule is O=C(CC1SC(=Nc2ccc(Cl)cc2)N(Cc2ccc(Cl)cc2)C1=O)Nc1ccc(C(=O)O)cc1. The van der Waals surface area contributed by atoms with E-state index < -0.39 is 11.2 Å². The molecule has 1 aliphatic heterocycles. The molecule has 10 heteroatoms. The van der Waals surface area contributed by atoms with Crippen molar-refractivity contribution in [3.8, 4) is 0 Å². The lowest BCUT2D eigenvalue weighted by atomic mass is 10.2. The number of halogens is 2. The number of amides is 2. The molecular weight excluding hydrogens is 509 g/mol. The molecule has 1 aliphatic rings. The Hall–Kier alpha value is -3.33. The summed E-state index contributed by atoms with van der Waals surface area (Å²) in [5, 5.41) is 12.7. The van der Waals surface area contributed by atoms with Crippen LogP contribution in [-0.4, -0.2) is 38.2 Å². The molecule has 1 atom stereocenters. The van der Waals surface area contributed by atoms with E-state index in [-0.39, 0.29) is 30.3 Å². The second-order valence-electron chi connectivity index (χ2n) is 7.66. The van der Waals surface area contributed by atoms with E-state index in [0.29, 0.717) is 26.6 Å². The smallest absolute Gasteiger partial charge is 0.335 e. The minimum Gasteiger partial charge on any atom is -0.478 e. The van der Waals surface area contributed by atoms with Gasteiger partial charge in [0.15, 0.2) is 5.17 Å². The fraction of sp³-hybridized carbons (Fsp3) is 0.120. The Labute approximate surface area is 215 Å². The highest BCUT2D eigenvalue weighted by atomic mass is 35.5. The molecule has 2 amide bonds. The monoisotopic (exact) mass is 527 g/mol. The highest BCUT2D eigenvalue weighted by Crippen LogP contribution is 2.33. The van der Waals surface area contributed by atoms with Crippen LogP contribution in [-0.2, 0) is 16.1 Å². The average molecular weight is 528 g/mol. The maximum Gasteiger partial charge on any atom is 0.335 e. The summed E-state index contributed by atoms with van der Waals surface area (Å²) >= 11 is 13.2. The standard InChI is InChI=1S/C25H19Cl2N3O4S/c26-17-5-1-15(2-6-17)14-30-23(32)21(35-25(30)29-20-11-7-18(27)8-12-20)13-22(31)28-19-9-3-16(4-10-19)24(33)34/h1-12,21H,13-14H2,(H,28,31)(H,33,34). The molecule has 0 aromatic heterocycles. The molecule has 1 fully saturated rings. The molecule has 3 aromatic carbocycles. The molecule has 3 aromatic rings. The first kappa shape index (κ1) is 24.8. The first-order valence-electron chi connectivity index (χ1n) is 10.5. The number of amidine groups is 1. The summed E-state index contributed by atoms with van der Waals surface area (Å²) in [4.78, 5) is 43.1. The fourth-order valence-electron chi connectivity index (χ4n) is 3.35. The van der Waals surface area contributed by atoms with Crippen LogP contribution >= 0.6 is 35.0 Å². The molecule has 0 bridgehead atoms. The molecule has 0 spiro atoms. The molecule has 0 saturated carbocycles. The molecule has 4 rings (SSSR count). The topological polar surface area (TPSA) is 99.1 Å². The highest BCUT2D eigenvalue weighted by Gasteiger charge is 2.39. The lowest BCUT2D eigenvalue weighted by Gasteiger charge is -2.17. The van der Waals surface area contributed by atoms with E-state index in [9.17, 15) is 14.4 Å². The van der Waals surface area contributed by atoms with Gasteiger partial charge in [0.1, 0.15) is 5.25 Å². The van der Waals surface area contributed by atoms with Crippen molar-refractivity contribution in [2.24, 2.45) is 4.99 Å². The maximum atomic E-state index is 13.3. The van der Waals surface area contributed by atoms with Gasteiger partial charge in [-0.3, -0.25) is 14.5 Å². The second-order valence-corrected chi connectivity index (χ2v) is 9.71. The summed E-state index contributed by atoms with van der Waals surface area (Å²) in [6.07, 6.45) is -0.0685. The third kappa shape index (κ3) is 6.42. The van der Waals surface area contributed by atoms with Crippen molar-refractivity contribution >= 4 is 69.3 Å². The third-order valence-electron chi connectivity index (χ3n) is 5.11. The van der Waals surface area contributed by atoms with Gasteiger partial charge in [-0.1, -0.05) is 47.1 Å². The van der Waals surface area contributed by atoms with Crippen molar-refractivity contribution in [3.05, 3.63) is 94.0 Å². The third-order valence-corrected chi connectivity index (χ3v) is 6.79. The van der Waals surface area contributed by atoms with Gasteiger partial charge in [-0.15, -0.1) is 0 Å². The van der Waals surface area contributed by atoms with Crippen LogP contribution in [0.1, 0.15) is 22.3 Å². The first-order valence-corrected chi connectivity index (χ1v) is 12.1. The molecular formula is C25H19Cl2N3O4S. The van der Waals surface area contributed by atoms with Crippen LogP contribution in [0.5, 0.6) is 0 Å². The van der Waals surface area contributed by atoms with Gasteiger partial charge in [0.2, 0.25) is 11.8 Å². The zero-order chi connectivity index (χ0) is 24.9. The summed E-state index contributed by atoms with van der Waals surface area (Å²) < 4.78 is 0. The van der Waals surface area contributed by atoms with Gasteiger partial charge in [-0.2, -0.15) is 0 Å². The number of rotatable bonds is 7. The summed E-state index contributed by atoms with van der Waals surface area (Å²) in [6.45, 7) is 0.282. The predicted octanol–water partition coefficient (Wildman–Crippen LogP) is 5.85. The Balaban J connectivity index is 1.51.